The van der Waals surface area contributed by atoms with Crippen LogP contribution in [0.5, 0.6) is 5.75 Å². The highest BCUT2D eigenvalue weighted by Gasteiger charge is 2.27. The molecular weight excluding hydrogens is 240 g/mol. The molecule has 0 atom stereocenters. The number of carboxylic acids is 1. The van der Waals surface area contributed by atoms with Crippen LogP contribution in [0.15, 0.2) is 42.5 Å². The number of aromatic hydroxyl groups is 1. The van der Waals surface area contributed by atoms with Gasteiger partial charge in [0.1, 0.15) is 5.75 Å². The van der Waals surface area contributed by atoms with Crippen molar-refractivity contribution in [2.24, 2.45) is 0 Å². The number of carbonyl (C=O) groups is 1. The van der Waals surface area contributed by atoms with Crippen LogP contribution in [0.3, 0.4) is 0 Å². The van der Waals surface area contributed by atoms with E-state index >= 15 is 0 Å². The highest BCUT2D eigenvalue weighted by atomic mass is 16.4. The number of phenols is 1. The Kier molecular flexibility index (Phi) is 2.42. The third kappa shape index (κ3) is 1.63. The molecule has 1 aliphatic carbocycles. The van der Waals surface area contributed by atoms with Crippen LogP contribution in [-0.4, -0.2) is 16.2 Å². The van der Waals surface area contributed by atoms with Gasteiger partial charge in [0.15, 0.2) is 0 Å². The number of benzene rings is 2. The first-order valence-electron chi connectivity index (χ1n) is 5.97. The number of phenolic OH excluding ortho intramolecular Hbond substituents is 1. The minimum absolute atomic E-state index is 0.182. The van der Waals surface area contributed by atoms with Crippen molar-refractivity contribution in [1.29, 1.82) is 0 Å². The lowest BCUT2D eigenvalue weighted by Crippen LogP contribution is -1.91. The molecule has 0 saturated carbocycles. The molecule has 0 heterocycles. The summed E-state index contributed by atoms with van der Waals surface area (Å²) in [4.78, 5) is 11.0. The highest BCUT2D eigenvalue weighted by Crippen LogP contribution is 2.49. The van der Waals surface area contributed by atoms with Crippen LogP contribution in [-0.2, 0) is 4.79 Å². The Morgan fingerprint density at radius 2 is 1.68 bits per heavy atom. The lowest BCUT2D eigenvalue weighted by molar-refractivity contribution is -0.131. The van der Waals surface area contributed by atoms with E-state index in [1.807, 2.05) is 31.2 Å². The first-order valence-corrected chi connectivity index (χ1v) is 5.97. The average molecular weight is 252 g/mol. The normalized spacial score (nSPS) is 14.3. The first-order chi connectivity index (χ1) is 9.09. The smallest absolute Gasteiger partial charge is 0.328 e. The summed E-state index contributed by atoms with van der Waals surface area (Å²) >= 11 is 0. The summed E-state index contributed by atoms with van der Waals surface area (Å²) < 4.78 is 0. The van der Waals surface area contributed by atoms with Crippen LogP contribution in [0.1, 0.15) is 16.7 Å². The van der Waals surface area contributed by atoms with Crippen molar-refractivity contribution in [3.05, 3.63) is 59.2 Å². The van der Waals surface area contributed by atoms with Crippen LogP contribution in [0.25, 0.3) is 16.7 Å². The zero-order valence-electron chi connectivity index (χ0n) is 10.3. The van der Waals surface area contributed by atoms with Gasteiger partial charge in [0, 0.05) is 11.6 Å². The molecule has 2 N–H and O–H groups in total. The van der Waals surface area contributed by atoms with Crippen molar-refractivity contribution in [3.63, 3.8) is 0 Å². The average Bonchev–Trinajstić information content (AvgIpc) is 2.66. The lowest BCUT2D eigenvalue weighted by atomic mass is 10.00. The summed E-state index contributed by atoms with van der Waals surface area (Å²) in [6, 6.07) is 10.9. The van der Waals surface area contributed by atoms with Crippen molar-refractivity contribution >= 4 is 11.5 Å². The van der Waals surface area contributed by atoms with E-state index in [1.165, 1.54) is 6.08 Å². The van der Waals surface area contributed by atoms with Crippen LogP contribution in [0.2, 0.25) is 0 Å². The molecule has 94 valence electrons. The van der Waals surface area contributed by atoms with Crippen LogP contribution in [0.4, 0.5) is 0 Å². The fraction of sp³-hybridized carbons (Fsp3) is 0.0625. The van der Waals surface area contributed by atoms with E-state index in [1.54, 1.807) is 12.1 Å². The van der Waals surface area contributed by atoms with Gasteiger partial charge in [-0.05, 0) is 40.8 Å². The van der Waals surface area contributed by atoms with Crippen LogP contribution in [0, 0.1) is 6.92 Å². The Labute approximate surface area is 110 Å². The fourth-order valence-corrected chi connectivity index (χ4v) is 2.68. The first kappa shape index (κ1) is 11.5. The Hall–Kier alpha value is -2.55. The molecule has 0 saturated heterocycles. The molecule has 3 heteroatoms. The summed E-state index contributed by atoms with van der Waals surface area (Å²) in [7, 11) is 0. The molecule has 0 spiro atoms. The van der Waals surface area contributed by atoms with Gasteiger partial charge in [-0.2, -0.15) is 0 Å². The van der Waals surface area contributed by atoms with Gasteiger partial charge in [-0.3, -0.25) is 0 Å². The van der Waals surface area contributed by atoms with Gasteiger partial charge in [-0.15, -0.1) is 0 Å². The van der Waals surface area contributed by atoms with Crippen molar-refractivity contribution in [1.82, 2.24) is 0 Å². The Morgan fingerprint density at radius 1 is 1.05 bits per heavy atom. The number of hydrogen-bond donors (Lipinski definition) is 2. The molecule has 2 aromatic carbocycles. The van der Waals surface area contributed by atoms with Gasteiger partial charge in [0.05, 0.1) is 0 Å². The molecule has 19 heavy (non-hydrogen) atoms. The van der Waals surface area contributed by atoms with Gasteiger partial charge in [0.2, 0.25) is 0 Å². The van der Waals surface area contributed by atoms with Gasteiger partial charge in [-0.25, -0.2) is 4.79 Å². The lowest BCUT2D eigenvalue weighted by Gasteiger charge is -2.06. The second kappa shape index (κ2) is 3.99. The molecule has 3 rings (SSSR count). The standard InChI is InChI=1S/C16H12O3/c1-9-4-2-5-10-12(8-14(18)19)11-6-3-7-13(17)16(11)15(9)10/h2-8,17H,1H3,(H,18,19)/b12-8+. The summed E-state index contributed by atoms with van der Waals surface area (Å²) in [5, 5.41) is 19.1. The number of carboxylic acid groups (broad SMARTS) is 1. The number of fused-ring (bicyclic) bond motifs is 3. The Balaban J connectivity index is 2.44. The number of aryl methyl sites for hydroxylation is 1. The molecule has 0 amide bonds. The number of hydrogen-bond acceptors (Lipinski definition) is 2. The number of rotatable bonds is 1. The second-order valence-corrected chi connectivity index (χ2v) is 4.59. The predicted octanol–water partition coefficient (Wildman–Crippen LogP) is 3.20. The van der Waals surface area contributed by atoms with E-state index in [0.717, 1.165) is 27.8 Å². The third-order valence-electron chi connectivity index (χ3n) is 3.41. The topological polar surface area (TPSA) is 57.5 Å². The van der Waals surface area contributed by atoms with Crippen molar-refractivity contribution in [2.45, 2.75) is 6.92 Å². The molecule has 0 unspecified atom stereocenters. The van der Waals surface area contributed by atoms with E-state index in [9.17, 15) is 9.90 Å². The zero-order valence-corrected chi connectivity index (χ0v) is 10.3. The van der Waals surface area contributed by atoms with Gasteiger partial charge >= 0.3 is 5.97 Å². The Bertz CT molecular complexity index is 673. The molecular formula is C16H12O3. The van der Waals surface area contributed by atoms with E-state index in [2.05, 4.69) is 0 Å². The Morgan fingerprint density at radius 3 is 2.37 bits per heavy atom. The minimum Gasteiger partial charge on any atom is -0.507 e. The second-order valence-electron chi connectivity index (χ2n) is 4.59. The van der Waals surface area contributed by atoms with Gasteiger partial charge in [-0.1, -0.05) is 30.3 Å². The van der Waals surface area contributed by atoms with Crippen LogP contribution < -0.4 is 0 Å². The molecule has 0 fully saturated rings. The molecule has 0 bridgehead atoms. The fourth-order valence-electron chi connectivity index (χ4n) is 2.68. The summed E-state index contributed by atoms with van der Waals surface area (Å²) in [6.45, 7) is 1.96. The quantitative estimate of drug-likeness (QED) is 0.654. The number of aliphatic carboxylic acids is 1. The maximum Gasteiger partial charge on any atom is 0.328 e. The van der Waals surface area contributed by atoms with Crippen molar-refractivity contribution in [2.75, 3.05) is 0 Å². The van der Waals surface area contributed by atoms with E-state index in [-0.39, 0.29) is 5.75 Å². The summed E-state index contributed by atoms with van der Waals surface area (Å²) in [5.74, 6) is -0.805. The molecule has 1 aliphatic rings. The molecule has 0 radical (unpaired) electrons. The zero-order chi connectivity index (χ0) is 13.6. The maximum absolute atomic E-state index is 11.0. The largest absolute Gasteiger partial charge is 0.507 e. The third-order valence-corrected chi connectivity index (χ3v) is 3.41. The molecule has 3 nitrogen and oxygen atoms in total. The summed E-state index contributed by atoms with van der Waals surface area (Å²) in [5.41, 5.74) is 4.95. The SMILES string of the molecule is Cc1cccc2c1-c1c(O)cccc1/C2=C/C(=O)O. The maximum atomic E-state index is 11.0. The summed E-state index contributed by atoms with van der Waals surface area (Å²) in [6.07, 6.45) is 1.20. The van der Waals surface area contributed by atoms with Crippen LogP contribution >= 0.6 is 0 Å². The van der Waals surface area contributed by atoms with E-state index in [4.69, 9.17) is 5.11 Å². The van der Waals surface area contributed by atoms with E-state index < -0.39 is 5.97 Å². The molecule has 0 aliphatic heterocycles. The monoisotopic (exact) mass is 252 g/mol. The molecule has 0 aromatic heterocycles. The van der Waals surface area contributed by atoms with Crippen molar-refractivity contribution < 1.29 is 15.0 Å². The molecule has 2 aromatic rings. The van der Waals surface area contributed by atoms with Gasteiger partial charge in [0.25, 0.3) is 0 Å². The van der Waals surface area contributed by atoms with Crippen molar-refractivity contribution in [3.8, 4) is 16.9 Å². The van der Waals surface area contributed by atoms with E-state index in [0.29, 0.717) is 5.57 Å². The van der Waals surface area contributed by atoms with Gasteiger partial charge < -0.3 is 10.2 Å². The highest BCUT2D eigenvalue weighted by molar-refractivity contribution is 6.08. The minimum atomic E-state index is -0.987. The predicted molar refractivity (Wildman–Crippen MR) is 73.0 cm³/mol.